The molecule has 0 aromatic heterocycles. The topological polar surface area (TPSA) is 3.24 Å². The van der Waals surface area contributed by atoms with Gasteiger partial charge in [-0.2, -0.15) is 0 Å². The van der Waals surface area contributed by atoms with Gasteiger partial charge < -0.3 is 4.90 Å². The standard InChI is InChI=1S/C16H17N/c1-3-8-14(9-4-1)17(16-12-7-13-16)15-10-5-2-6-11-15/h1-6,8-11,16H,7,12-13H2. The van der Waals surface area contributed by atoms with Crippen LogP contribution in [-0.2, 0) is 0 Å². The Kier molecular flexibility index (Phi) is 2.83. The lowest BCUT2D eigenvalue weighted by Crippen LogP contribution is -2.36. The maximum atomic E-state index is 2.48. The van der Waals surface area contributed by atoms with Crippen molar-refractivity contribution in [3.63, 3.8) is 0 Å². The van der Waals surface area contributed by atoms with Crippen LogP contribution >= 0.6 is 0 Å². The Morgan fingerprint density at radius 3 is 1.53 bits per heavy atom. The largest absolute Gasteiger partial charge is 0.338 e. The van der Waals surface area contributed by atoms with Crippen LogP contribution in [0.15, 0.2) is 60.7 Å². The highest BCUT2D eigenvalue weighted by molar-refractivity contribution is 5.64. The summed E-state index contributed by atoms with van der Waals surface area (Å²) in [6.07, 6.45) is 3.98. The highest BCUT2D eigenvalue weighted by Gasteiger charge is 2.26. The smallest absolute Gasteiger partial charge is 0.0413 e. The normalized spacial score (nSPS) is 15.3. The van der Waals surface area contributed by atoms with Gasteiger partial charge in [-0.1, -0.05) is 36.4 Å². The SMILES string of the molecule is c1ccc(N(c2ccccc2)C2CCC2)cc1. The summed E-state index contributed by atoms with van der Waals surface area (Å²) in [6.45, 7) is 0. The molecule has 3 rings (SSSR count). The van der Waals surface area contributed by atoms with Gasteiger partial charge in [0.05, 0.1) is 0 Å². The Labute approximate surface area is 103 Å². The minimum Gasteiger partial charge on any atom is -0.338 e. The van der Waals surface area contributed by atoms with Gasteiger partial charge in [-0.3, -0.25) is 0 Å². The molecule has 0 bridgehead atoms. The van der Waals surface area contributed by atoms with Gasteiger partial charge in [0, 0.05) is 17.4 Å². The van der Waals surface area contributed by atoms with Gasteiger partial charge in [0.1, 0.15) is 0 Å². The van der Waals surface area contributed by atoms with E-state index in [0.29, 0.717) is 6.04 Å². The first-order valence-corrected chi connectivity index (χ1v) is 6.34. The van der Waals surface area contributed by atoms with E-state index in [1.54, 1.807) is 0 Å². The van der Waals surface area contributed by atoms with Crippen molar-refractivity contribution in [2.75, 3.05) is 4.90 Å². The minimum atomic E-state index is 0.680. The third-order valence-electron chi connectivity index (χ3n) is 3.51. The zero-order valence-corrected chi connectivity index (χ0v) is 9.92. The van der Waals surface area contributed by atoms with Crippen LogP contribution in [0.2, 0.25) is 0 Å². The van der Waals surface area contributed by atoms with Crippen LogP contribution in [-0.4, -0.2) is 6.04 Å². The molecule has 1 saturated carbocycles. The van der Waals surface area contributed by atoms with Crippen molar-refractivity contribution in [3.8, 4) is 0 Å². The van der Waals surface area contributed by atoms with Crippen LogP contribution < -0.4 is 4.90 Å². The van der Waals surface area contributed by atoms with E-state index in [4.69, 9.17) is 0 Å². The Balaban J connectivity index is 1.98. The molecule has 2 aromatic rings. The molecule has 1 fully saturated rings. The molecule has 0 amide bonds. The highest BCUT2D eigenvalue weighted by atomic mass is 15.2. The van der Waals surface area contributed by atoms with Crippen LogP contribution in [0.1, 0.15) is 19.3 Å². The molecule has 1 nitrogen and oxygen atoms in total. The summed E-state index contributed by atoms with van der Waals surface area (Å²) >= 11 is 0. The fraction of sp³-hybridized carbons (Fsp3) is 0.250. The zero-order valence-electron chi connectivity index (χ0n) is 9.92. The number of anilines is 2. The lowest BCUT2D eigenvalue weighted by molar-refractivity contribution is 0.411. The van der Waals surface area contributed by atoms with Gasteiger partial charge in [0.25, 0.3) is 0 Å². The fourth-order valence-corrected chi connectivity index (χ4v) is 2.39. The lowest BCUT2D eigenvalue weighted by atomic mass is 9.90. The van der Waals surface area contributed by atoms with Crippen molar-refractivity contribution in [1.82, 2.24) is 0 Å². The Morgan fingerprint density at radius 1 is 0.706 bits per heavy atom. The predicted molar refractivity (Wildman–Crippen MR) is 72.7 cm³/mol. The van der Waals surface area contributed by atoms with E-state index in [0.717, 1.165) is 0 Å². The third-order valence-corrected chi connectivity index (χ3v) is 3.51. The summed E-state index contributed by atoms with van der Waals surface area (Å²) in [5.41, 5.74) is 2.62. The number of nitrogens with zero attached hydrogens (tertiary/aromatic N) is 1. The molecule has 0 aliphatic heterocycles. The van der Waals surface area contributed by atoms with Crippen molar-refractivity contribution >= 4 is 11.4 Å². The highest BCUT2D eigenvalue weighted by Crippen LogP contribution is 2.35. The van der Waals surface area contributed by atoms with Crippen molar-refractivity contribution < 1.29 is 0 Å². The van der Waals surface area contributed by atoms with Crippen molar-refractivity contribution in [2.45, 2.75) is 25.3 Å². The summed E-state index contributed by atoms with van der Waals surface area (Å²) in [5, 5.41) is 0. The molecule has 0 saturated heterocycles. The van der Waals surface area contributed by atoms with E-state index in [1.165, 1.54) is 30.6 Å². The monoisotopic (exact) mass is 223 g/mol. The van der Waals surface area contributed by atoms with Gasteiger partial charge in [0.2, 0.25) is 0 Å². The van der Waals surface area contributed by atoms with Crippen LogP contribution in [0.25, 0.3) is 0 Å². The molecule has 2 aromatic carbocycles. The van der Waals surface area contributed by atoms with Gasteiger partial charge in [-0.05, 0) is 43.5 Å². The van der Waals surface area contributed by atoms with Crippen molar-refractivity contribution in [3.05, 3.63) is 60.7 Å². The first kappa shape index (κ1) is 10.4. The molecule has 0 unspecified atom stereocenters. The fourth-order valence-electron chi connectivity index (χ4n) is 2.39. The van der Waals surface area contributed by atoms with E-state index < -0.39 is 0 Å². The summed E-state index contributed by atoms with van der Waals surface area (Å²) < 4.78 is 0. The second-order valence-corrected chi connectivity index (χ2v) is 4.63. The van der Waals surface area contributed by atoms with Gasteiger partial charge in [-0.15, -0.1) is 0 Å². The maximum absolute atomic E-state index is 2.48. The Hall–Kier alpha value is -1.76. The first-order valence-electron chi connectivity index (χ1n) is 6.34. The summed E-state index contributed by atoms with van der Waals surface area (Å²) in [5.74, 6) is 0. The predicted octanol–water partition coefficient (Wildman–Crippen LogP) is 4.38. The van der Waals surface area contributed by atoms with Crippen LogP contribution in [0.4, 0.5) is 11.4 Å². The Morgan fingerprint density at radius 2 is 1.18 bits per heavy atom. The van der Waals surface area contributed by atoms with Crippen LogP contribution in [0.3, 0.4) is 0 Å². The average Bonchev–Trinajstić information content (AvgIpc) is 2.36. The summed E-state index contributed by atoms with van der Waals surface area (Å²) in [6, 6.07) is 22.1. The maximum Gasteiger partial charge on any atom is 0.0413 e. The van der Waals surface area contributed by atoms with Gasteiger partial charge in [-0.25, -0.2) is 0 Å². The average molecular weight is 223 g/mol. The minimum absolute atomic E-state index is 0.680. The molecular weight excluding hydrogens is 206 g/mol. The van der Waals surface area contributed by atoms with Crippen molar-refractivity contribution in [2.24, 2.45) is 0 Å². The molecule has 0 N–H and O–H groups in total. The molecule has 0 atom stereocenters. The molecule has 1 aliphatic rings. The van der Waals surface area contributed by atoms with E-state index in [9.17, 15) is 0 Å². The number of para-hydroxylation sites is 2. The van der Waals surface area contributed by atoms with Crippen molar-refractivity contribution in [1.29, 1.82) is 0 Å². The first-order chi connectivity index (χ1) is 8.45. The van der Waals surface area contributed by atoms with E-state index >= 15 is 0 Å². The van der Waals surface area contributed by atoms with Gasteiger partial charge in [0.15, 0.2) is 0 Å². The molecule has 17 heavy (non-hydrogen) atoms. The second kappa shape index (κ2) is 4.62. The van der Waals surface area contributed by atoms with E-state index in [-0.39, 0.29) is 0 Å². The summed E-state index contributed by atoms with van der Waals surface area (Å²) in [7, 11) is 0. The zero-order chi connectivity index (χ0) is 11.5. The number of benzene rings is 2. The molecule has 1 aliphatic carbocycles. The molecule has 1 heteroatoms. The number of hydrogen-bond acceptors (Lipinski definition) is 1. The van der Waals surface area contributed by atoms with Gasteiger partial charge >= 0.3 is 0 Å². The molecule has 86 valence electrons. The molecule has 0 heterocycles. The second-order valence-electron chi connectivity index (χ2n) is 4.63. The molecule has 0 spiro atoms. The molecular formula is C16H17N. The van der Waals surface area contributed by atoms with Crippen LogP contribution in [0.5, 0.6) is 0 Å². The van der Waals surface area contributed by atoms with Crippen LogP contribution in [0, 0.1) is 0 Å². The Bertz CT molecular complexity index is 420. The van der Waals surface area contributed by atoms with E-state index in [1.807, 2.05) is 0 Å². The molecule has 0 radical (unpaired) electrons. The number of hydrogen-bond donors (Lipinski definition) is 0. The van der Waals surface area contributed by atoms with E-state index in [2.05, 4.69) is 65.6 Å². The quantitative estimate of drug-likeness (QED) is 0.746. The third kappa shape index (κ3) is 2.05. The summed E-state index contributed by atoms with van der Waals surface area (Å²) in [4.78, 5) is 2.48. The number of rotatable bonds is 3. The lowest BCUT2D eigenvalue weighted by Gasteiger charge is -2.39.